The van der Waals surface area contributed by atoms with Crippen molar-refractivity contribution in [1.29, 1.82) is 0 Å². The van der Waals surface area contributed by atoms with Gasteiger partial charge in [-0.05, 0) is 95.6 Å². The Balaban J connectivity index is 1.52. The minimum absolute atomic E-state index is 0.136. The van der Waals surface area contributed by atoms with Gasteiger partial charge in [0.25, 0.3) is 5.95 Å². The topological polar surface area (TPSA) is 29.5 Å². The van der Waals surface area contributed by atoms with Gasteiger partial charge in [-0.3, -0.25) is 0 Å². The number of aliphatic hydroxyl groups excluding tert-OH is 1. The number of rotatable bonds is 9. The molecule has 0 bridgehead atoms. The Bertz CT molecular complexity index is 722. The predicted molar refractivity (Wildman–Crippen MR) is 149 cm³/mol. The first kappa shape index (κ1) is 25.8. The lowest BCUT2D eigenvalue weighted by Gasteiger charge is -2.48. The van der Waals surface area contributed by atoms with E-state index < -0.39 is 7.26 Å². The van der Waals surface area contributed by atoms with Gasteiger partial charge < -0.3 is 9.84 Å². The average Bonchev–Trinajstić information content (AvgIpc) is 2.90. The predicted octanol–water partition coefficient (Wildman–Crippen LogP) is 9.52. The van der Waals surface area contributed by atoms with Crippen LogP contribution in [0.25, 0.3) is 6.08 Å². The summed E-state index contributed by atoms with van der Waals surface area (Å²) in [7, 11) is -1.22. The molecule has 1 aromatic carbocycles. The van der Waals surface area contributed by atoms with E-state index in [1.165, 1.54) is 102 Å². The molecule has 0 aliphatic heterocycles. The maximum atomic E-state index is 10.9. The summed E-state index contributed by atoms with van der Waals surface area (Å²) in [5.41, 5.74) is 3.98. The molecule has 4 rings (SSSR count). The zero-order chi connectivity index (χ0) is 23.6. The summed E-state index contributed by atoms with van der Waals surface area (Å²) in [5, 5.41) is 10.9. The number of hydrogen-bond donors (Lipinski definition) is 1. The van der Waals surface area contributed by atoms with Crippen molar-refractivity contribution in [3.05, 3.63) is 54.0 Å². The molecule has 188 valence electrons. The largest absolute Gasteiger partial charge is 0.481 e. The van der Waals surface area contributed by atoms with Crippen LogP contribution in [0.1, 0.15) is 109 Å². The van der Waals surface area contributed by atoms with Crippen LogP contribution in [0.2, 0.25) is 0 Å². The maximum Gasteiger partial charge on any atom is 0.276 e. The minimum Gasteiger partial charge on any atom is -0.481 e. The van der Waals surface area contributed by atoms with E-state index in [1.54, 1.807) is 0 Å². The number of hydrogen-bond acceptors (Lipinski definition) is 2. The van der Waals surface area contributed by atoms with Crippen LogP contribution in [-0.2, 0) is 4.74 Å². The van der Waals surface area contributed by atoms with Crippen LogP contribution < -0.4 is 0 Å². The quantitative estimate of drug-likeness (QED) is 0.280. The molecule has 3 aliphatic carbocycles. The van der Waals surface area contributed by atoms with E-state index in [-0.39, 0.29) is 12.0 Å². The van der Waals surface area contributed by atoms with Crippen molar-refractivity contribution in [2.45, 2.75) is 126 Å². The van der Waals surface area contributed by atoms with Crippen molar-refractivity contribution >= 4 is 13.3 Å². The van der Waals surface area contributed by atoms with Gasteiger partial charge in [0, 0.05) is 13.3 Å². The lowest BCUT2D eigenvalue weighted by molar-refractivity contribution is 0.0660. The summed E-state index contributed by atoms with van der Waals surface area (Å²) in [5.74, 6) is 0.164. The molecule has 34 heavy (non-hydrogen) atoms. The lowest BCUT2D eigenvalue weighted by atomic mass is 9.99. The van der Waals surface area contributed by atoms with Crippen LogP contribution in [0.15, 0.2) is 48.4 Å². The molecule has 0 saturated heterocycles. The third-order valence-electron chi connectivity index (χ3n) is 9.01. The van der Waals surface area contributed by atoms with Crippen molar-refractivity contribution in [2.75, 3.05) is 6.16 Å². The molecule has 3 aliphatic rings. The molecule has 1 N–H and O–H groups in total. The summed E-state index contributed by atoms with van der Waals surface area (Å²) in [6.45, 7) is 2.02. The van der Waals surface area contributed by atoms with Gasteiger partial charge in [-0.1, -0.05) is 55.7 Å². The molecule has 0 aromatic heterocycles. The van der Waals surface area contributed by atoms with E-state index in [0.29, 0.717) is 0 Å². The summed E-state index contributed by atoms with van der Waals surface area (Å²) in [6, 6.07) is 10.3. The molecule has 0 amide bonds. The summed E-state index contributed by atoms with van der Waals surface area (Å²) < 4.78 is 5.98. The third-order valence-corrected chi connectivity index (χ3v) is 15.5. The first-order valence-electron chi connectivity index (χ1n) is 14.3. The van der Waals surface area contributed by atoms with Crippen LogP contribution in [0.5, 0.6) is 0 Å². The zero-order valence-electron chi connectivity index (χ0n) is 21.5. The van der Waals surface area contributed by atoms with Gasteiger partial charge in [0.15, 0.2) is 0 Å². The van der Waals surface area contributed by atoms with Crippen LogP contribution in [0.3, 0.4) is 0 Å². The number of aliphatic hydroxyl groups is 1. The van der Waals surface area contributed by atoms with Gasteiger partial charge in [-0.15, -0.1) is 0 Å². The Morgan fingerprint density at radius 1 is 0.824 bits per heavy atom. The molecule has 0 heterocycles. The van der Waals surface area contributed by atoms with Crippen molar-refractivity contribution < 1.29 is 9.84 Å². The molecule has 0 spiro atoms. The van der Waals surface area contributed by atoms with Gasteiger partial charge in [-0.25, -0.2) is 0 Å². The van der Waals surface area contributed by atoms with E-state index in [4.69, 9.17) is 4.74 Å². The standard InChI is InChI=1S/C31H47O2P/c1-26(22-23-27-14-6-2-7-15-27)33-31(32)24-25-34(28-16-8-3-9-17-28,29-18-10-4-11-19-29)30-20-12-5-13-21-30/h2,6-7,14-15,22-24,26,28-30H,3-5,8-13,16-21,25H2,1H3/p+1/b23-22+,31-24+. The Morgan fingerprint density at radius 2 is 1.29 bits per heavy atom. The second kappa shape index (κ2) is 13.2. The van der Waals surface area contributed by atoms with Crippen molar-refractivity contribution in [1.82, 2.24) is 0 Å². The summed E-state index contributed by atoms with van der Waals surface area (Å²) in [4.78, 5) is 0. The Hall–Kier alpha value is -1.27. The van der Waals surface area contributed by atoms with Gasteiger partial charge in [0.05, 0.1) is 23.1 Å². The monoisotopic (exact) mass is 483 g/mol. The van der Waals surface area contributed by atoms with Crippen LogP contribution in [-0.4, -0.2) is 34.3 Å². The average molecular weight is 484 g/mol. The van der Waals surface area contributed by atoms with Crippen molar-refractivity contribution in [2.24, 2.45) is 0 Å². The molecule has 2 nitrogen and oxygen atoms in total. The normalized spacial score (nSPS) is 23.3. The first-order chi connectivity index (χ1) is 16.7. The second-order valence-electron chi connectivity index (χ2n) is 11.2. The lowest BCUT2D eigenvalue weighted by Crippen LogP contribution is -2.37. The summed E-state index contributed by atoms with van der Waals surface area (Å²) >= 11 is 0. The molecule has 3 fully saturated rings. The van der Waals surface area contributed by atoms with E-state index in [9.17, 15) is 5.11 Å². The molecule has 0 radical (unpaired) electrons. The highest BCUT2D eigenvalue weighted by atomic mass is 31.2. The highest BCUT2D eigenvalue weighted by Crippen LogP contribution is 2.77. The van der Waals surface area contributed by atoms with Gasteiger partial charge in [0.2, 0.25) is 0 Å². The smallest absolute Gasteiger partial charge is 0.276 e. The minimum atomic E-state index is -1.22. The molecule has 3 heteroatoms. The fourth-order valence-electron chi connectivity index (χ4n) is 7.35. The van der Waals surface area contributed by atoms with Crippen LogP contribution in [0.4, 0.5) is 0 Å². The highest BCUT2D eigenvalue weighted by molar-refractivity contribution is 7.78. The fraction of sp³-hybridized carbons (Fsp3) is 0.677. The Labute approximate surface area is 209 Å². The number of allylic oxidation sites excluding steroid dienone is 1. The highest BCUT2D eigenvalue weighted by Gasteiger charge is 2.56. The molecule has 1 unspecified atom stereocenters. The summed E-state index contributed by atoms with van der Waals surface area (Å²) in [6.07, 6.45) is 28.8. The Morgan fingerprint density at radius 3 is 1.76 bits per heavy atom. The maximum absolute atomic E-state index is 10.9. The molecular weight excluding hydrogens is 435 g/mol. The van der Waals surface area contributed by atoms with E-state index in [1.807, 2.05) is 31.2 Å². The molecule has 1 aromatic rings. The Kier molecular flexibility index (Phi) is 9.99. The van der Waals surface area contributed by atoms with Crippen LogP contribution >= 0.6 is 7.26 Å². The van der Waals surface area contributed by atoms with Gasteiger partial charge in [0.1, 0.15) is 6.10 Å². The third kappa shape index (κ3) is 6.69. The van der Waals surface area contributed by atoms with E-state index in [0.717, 1.165) is 23.1 Å². The van der Waals surface area contributed by atoms with Crippen LogP contribution in [0, 0.1) is 0 Å². The number of benzene rings is 1. The SMILES string of the molecule is CC(/C=C/c1ccccc1)O/C(O)=C/C[P+](C1CCCCC1)(C1CCCCC1)C1CCCCC1. The van der Waals surface area contributed by atoms with Crippen molar-refractivity contribution in [3.63, 3.8) is 0 Å². The molecular formula is C31H48O2P+. The zero-order valence-corrected chi connectivity index (χ0v) is 22.4. The fourth-order valence-corrected chi connectivity index (χ4v) is 14.5. The second-order valence-corrected chi connectivity index (χ2v) is 15.7. The molecule has 3 saturated carbocycles. The first-order valence-corrected chi connectivity index (χ1v) is 16.5. The van der Waals surface area contributed by atoms with E-state index >= 15 is 0 Å². The van der Waals surface area contributed by atoms with E-state index in [2.05, 4.69) is 24.3 Å². The number of ether oxygens (including phenoxy) is 1. The molecule has 1 atom stereocenters. The van der Waals surface area contributed by atoms with Crippen molar-refractivity contribution in [3.8, 4) is 0 Å². The van der Waals surface area contributed by atoms with Gasteiger partial charge in [-0.2, -0.15) is 0 Å². The van der Waals surface area contributed by atoms with Gasteiger partial charge >= 0.3 is 0 Å².